The van der Waals surface area contributed by atoms with Crippen molar-refractivity contribution in [2.45, 2.75) is 51.3 Å². The average Bonchev–Trinajstić information content (AvgIpc) is 3.23. The van der Waals surface area contributed by atoms with Crippen LogP contribution in [0.4, 0.5) is 0 Å². The Hall–Kier alpha value is -0.580. The van der Waals surface area contributed by atoms with Crippen molar-refractivity contribution in [3.8, 4) is 5.75 Å². The minimum absolute atomic E-state index is 0.138. The highest BCUT2D eigenvalue weighted by molar-refractivity contribution is 9.10. The Kier molecular flexibility index (Phi) is 5.47. The van der Waals surface area contributed by atoms with Crippen molar-refractivity contribution in [3.63, 3.8) is 0 Å². The molecule has 0 radical (unpaired) electrons. The fraction of sp³-hybridized carbons (Fsp3) is 0.625. The zero-order valence-corrected chi connectivity index (χ0v) is 14.1. The lowest BCUT2D eigenvalue weighted by atomic mass is 10.1. The van der Waals surface area contributed by atoms with Gasteiger partial charge in [0.25, 0.3) is 0 Å². The van der Waals surface area contributed by atoms with E-state index in [1.807, 2.05) is 6.07 Å². The van der Waals surface area contributed by atoms with Crippen LogP contribution in [0.2, 0.25) is 0 Å². The van der Waals surface area contributed by atoms with E-state index in [9.17, 15) is 0 Å². The predicted octanol–water partition coefficient (Wildman–Crippen LogP) is 3.90. The number of benzene rings is 1. The van der Waals surface area contributed by atoms with Gasteiger partial charge in [-0.3, -0.25) is 0 Å². The summed E-state index contributed by atoms with van der Waals surface area (Å²) < 4.78 is 12.2. The SMILES string of the molecule is COC(C)(C)CCOc1ccc(CNC2CC2)cc1Br. The number of halogens is 1. The first kappa shape index (κ1) is 15.8. The first-order valence-electron chi connectivity index (χ1n) is 7.20. The van der Waals surface area contributed by atoms with E-state index in [1.165, 1.54) is 18.4 Å². The fourth-order valence-electron chi connectivity index (χ4n) is 1.83. The van der Waals surface area contributed by atoms with E-state index < -0.39 is 0 Å². The highest BCUT2D eigenvalue weighted by Gasteiger charge is 2.20. The minimum atomic E-state index is -0.138. The van der Waals surface area contributed by atoms with Crippen LogP contribution in [0, 0.1) is 0 Å². The third-order valence-electron chi connectivity index (χ3n) is 3.68. The molecular formula is C16H24BrNO2. The largest absolute Gasteiger partial charge is 0.492 e. The predicted molar refractivity (Wildman–Crippen MR) is 85.2 cm³/mol. The van der Waals surface area contributed by atoms with E-state index in [4.69, 9.17) is 9.47 Å². The van der Waals surface area contributed by atoms with Crippen molar-refractivity contribution in [1.29, 1.82) is 0 Å². The molecule has 0 atom stereocenters. The van der Waals surface area contributed by atoms with Gasteiger partial charge in [0.1, 0.15) is 5.75 Å². The van der Waals surface area contributed by atoms with Crippen LogP contribution >= 0.6 is 15.9 Å². The van der Waals surface area contributed by atoms with Crippen molar-refractivity contribution < 1.29 is 9.47 Å². The number of methoxy groups -OCH3 is 1. The normalized spacial score (nSPS) is 15.4. The quantitative estimate of drug-likeness (QED) is 0.777. The average molecular weight is 342 g/mol. The topological polar surface area (TPSA) is 30.5 Å². The second kappa shape index (κ2) is 6.92. The molecule has 1 aromatic carbocycles. The van der Waals surface area contributed by atoms with Gasteiger partial charge in [-0.1, -0.05) is 6.07 Å². The molecule has 0 aliphatic heterocycles. The Labute approximate surface area is 130 Å². The Morgan fingerprint density at radius 3 is 2.70 bits per heavy atom. The molecule has 0 bridgehead atoms. The summed E-state index contributed by atoms with van der Waals surface area (Å²) in [5.74, 6) is 0.895. The third-order valence-corrected chi connectivity index (χ3v) is 4.30. The summed E-state index contributed by atoms with van der Waals surface area (Å²) in [7, 11) is 1.73. The summed E-state index contributed by atoms with van der Waals surface area (Å²) in [5.41, 5.74) is 1.15. The van der Waals surface area contributed by atoms with Crippen LogP contribution in [0.25, 0.3) is 0 Å². The second-order valence-corrected chi connectivity index (χ2v) is 6.84. The monoisotopic (exact) mass is 341 g/mol. The zero-order valence-electron chi connectivity index (χ0n) is 12.5. The summed E-state index contributed by atoms with van der Waals surface area (Å²) in [6.45, 7) is 5.72. The van der Waals surface area contributed by atoms with E-state index >= 15 is 0 Å². The molecule has 0 unspecified atom stereocenters. The first-order valence-corrected chi connectivity index (χ1v) is 7.99. The van der Waals surface area contributed by atoms with Gasteiger partial charge in [0.2, 0.25) is 0 Å². The number of hydrogen-bond donors (Lipinski definition) is 1. The number of rotatable bonds is 8. The van der Waals surface area contributed by atoms with Crippen LogP contribution < -0.4 is 10.1 Å². The summed E-state index contributed by atoms with van der Waals surface area (Å²) in [5, 5.41) is 3.51. The third kappa shape index (κ3) is 5.08. The van der Waals surface area contributed by atoms with Gasteiger partial charge in [-0.2, -0.15) is 0 Å². The second-order valence-electron chi connectivity index (χ2n) is 5.98. The Bertz CT molecular complexity index is 444. The van der Waals surface area contributed by atoms with Crippen LogP contribution in [0.1, 0.15) is 38.7 Å². The van der Waals surface area contributed by atoms with Crippen LogP contribution in [-0.4, -0.2) is 25.4 Å². The molecule has 3 nitrogen and oxygen atoms in total. The smallest absolute Gasteiger partial charge is 0.133 e. The van der Waals surface area contributed by atoms with Crippen LogP contribution in [-0.2, 0) is 11.3 Å². The molecule has 1 fully saturated rings. The van der Waals surface area contributed by atoms with Gasteiger partial charge in [-0.15, -0.1) is 0 Å². The number of ether oxygens (including phenoxy) is 2. The lowest BCUT2D eigenvalue weighted by molar-refractivity contribution is 0.00539. The van der Waals surface area contributed by atoms with E-state index in [1.54, 1.807) is 7.11 Å². The van der Waals surface area contributed by atoms with Crippen molar-refractivity contribution in [1.82, 2.24) is 5.32 Å². The number of nitrogens with one attached hydrogen (secondary N) is 1. The highest BCUT2D eigenvalue weighted by atomic mass is 79.9. The first-order chi connectivity index (χ1) is 9.50. The van der Waals surface area contributed by atoms with Gasteiger partial charge in [0, 0.05) is 26.1 Å². The fourth-order valence-corrected chi connectivity index (χ4v) is 2.37. The molecule has 1 saturated carbocycles. The molecule has 1 N–H and O–H groups in total. The Balaban J connectivity index is 1.82. The lowest BCUT2D eigenvalue weighted by Crippen LogP contribution is -2.25. The summed E-state index contributed by atoms with van der Waals surface area (Å²) in [6, 6.07) is 7.03. The van der Waals surface area contributed by atoms with Gasteiger partial charge in [-0.25, -0.2) is 0 Å². The van der Waals surface area contributed by atoms with Crippen molar-refractivity contribution in [3.05, 3.63) is 28.2 Å². The molecule has 0 heterocycles. The Morgan fingerprint density at radius 2 is 2.10 bits per heavy atom. The summed E-state index contributed by atoms with van der Waals surface area (Å²) >= 11 is 3.58. The van der Waals surface area contributed by atoms with Crippen molar-refractivity contribution in [2.75, 3.05) is 13.7 Å². The summed E-state index contributed by atoms with van der Waals surface area (Å²) in [6.07, 6.45) is 3.50. The molecule has 0 saturated heterocycles. The maximum absolute atomic E-state index is 5.82. The van der Waals surface area contributed by atoms with E-state index in [2.05, 4.69) is 47.2 Å². The molecule has 0 amide bonds. The zero-order chi connectivity index (χ0) is 14.6. The maximum Gasteiger partial charge on any atom is 0.133 e. The van der Waals surface area contributed by atoms with Crippen LogP contribution in [0.3, 0.4) is 0 Å². The van der Waals surface area contributed by atoms with E-state index in [0.29, 0.717) is 6.61 Å². The molecule has 1 aliphatic carbocycles. The van der Waals surface area contributed by atoms with Crippen molar-refractivity contribution in [2.24, 2.45) is 0 Å². The number of hydrogen-bond acceptors (Lipinski definition) is 3. The Morgan fingerprint density at radius 1 is 1.35 bits per heavy atom. The molecule has 2 rings (SSSR count). The van der Waals surface area contributed by atoms with Crippen molar-refractivity contribution >= 4 is 15.9 Å². The molecule has 1 aliphatic rings. The maximum atomic E-state index is 5.82. The molecule has 20 heavy (non-hydrogen) atoms. The van der Waals surface area contributed by atoms with E-state index in [-0.39, 0.29) is 5.60 Å². The van der Waals surface area contributed by atoms with Gasteiger partial charge >= 0.3 is 0 Å². The molecule has 4 heteroatoms. The van der Waals surface area contributed by atoms with Gasteiger partial charge in [0.05, 0.1) is 16.7 Å². The van der Waals surface area contributed by atoms with Gasteiger partial charge in [-0.05, 0) is 60.3 Å². The summed E-state index contributed by atoms with van der Waals surface area (Å²) in [4.78, 5) is 0. The van der Waals surface area contributed by atoms with E-state index in [0.717, 1.165) is 29.2 Å². The lowest BCUT2D eigenvalue weighted by Gasteiger charge is -2.22. The highest BCUT2D eigenvalue weighted by Crippen LogP contribution is 2.27. The van der Waals surface area contributed by atoms with Gasteiger partial charge < -0.3 is 14.8 Å². The van der Waals surface area contributed by atoms with Gasteiger partial charge in [0.15, 0.2) is 0 Å². The molecule has 0 aromatic heterocycles. The minimum Gasteiger partial charge on any atom is -0.492 e. The molecular weight excluding hydrogens is 318 g/mol. The standard InChI is InChI=1S/C16H24BrNO2/c1-16(2,19-3)8-9-20-15-7-4-12(10-14(15)17)11-18-13-5-6-13/h4,7,10,13,18H,5-6,8-9,11H2,1-3H3. The van der Waals surface area contributed by atoms with Crippen LogP contribution in [0.15, 0.2) is 22.7 Å². The molecule has 0 spiro atoms. The molecule has 1 aromatic rings. The molecule has 112 valence electrons. The van der Waals surface area contributed by atoms with Crippen LogP contribution in [0.5, 0.6) is 5.75 Å².